The number of aromatic nitrogens is 6. The Hall–Kier alpha value is -3.46. The lowest BCUT2D eigenvalue weighted by Crippen LogP contribution is -2.09. The van der Waals surface area contributed by atoms with E-state index in [0.717, 1.165) is 28.8 Å². The molecule has 0 radical (unpaired) electrons. The fourth-order valence-corrected chi connectivity index (χ4v) is 4.12. The number of nitrogens with one attached hydrogen (secondary N) is 1. The van der Waals surface area contributed by atoms with Crippen molar-refractivity contribution in [1.29, 1.82) is 0 Å². The van der Waals surface area contributed by atoms with Gasteiger partial charge in [-0.2, -0.15) is 15.0 Å². The molecule has 0 aliphatic rings. The van der Waals surface area contributed by atoms with E-state index in [0.29, 0.717) is 11.8 Å². The van der Waals surface area contributed by atoms with E-state index in [1.54, 1.807) is 11.8 Å². The summed E-state index contributed by atoms with van der Waals surface area (Å²) in [6, 6.07) is 18.0. The van der Waals surface area contributed by atoms with Crippen LogP contribution < -0.4 is 11.1 Å². The van der Waals surface area contributed by atoms with Gasteiger partial charge in [0.05, 0.1) is 5.25 Å². The zero-order chi connectivity index (χ0) is 21.8. The molecule has 0 saturated carbocycles. The van der Waals surface area contributed by atoms with E-state index in [4.69, 9.17) is 5.73 Å². The van der Waals surface area contributed by atoms with Crippen molar-refractivity contribution in [3.63, 3.8) is 0 Å². The highest BCUT2D eigenvalue weighted by Crippen LogP contribution is 2.34. The van der Waals surface area contributed by atoms with Gasteiger partial charge >= 0.3 is 0 Å². The van der Waals surface area contributed by atoms with Gasteiger partial charge < -0.3 is 15.6 Å². The van der Waals surface area contributed by atoms with Gasteiger partial charge in [-0.25, -0.2) is 0 Å². The first kappa shape index (κ1) is 20.8. The van der Waals surface area contributed by atoms with Crippen LogP contribution in [0.1, 0.15) is 30.5 Å². The van der Waals surface area contributed by atoms with Gasteiger partial charge in [0.15, 0.2) is 11.0 Å². The SMILES string of the molecule is CCn1c(SC(C)c2nc(N)nc(Nc3ccccc3)n2)nnc1-c1cccc(C)c1. The van der Waals surface area contributed by atoms with Crippen LogP contribution in [0.25, 0.3) is 11.4 Å². The molecule has 0 spiro atoms. The third-order valence-corrected chi connectivity index (χ3v) is 5.73. The molecule has 1 atom stereocenters. The minimum absolute atomic E-state index is 0.0958. The molecule has 2 heterocycles. The van der Waals surface area contributed by atoms with Crippen LogP contribution in [0.3, 0.4) is 0 Å². The lowest BCUT2D eigenvalue weighted by molar-refractivity contribution is 0.684. The number of aryl methyl sites for hydroxylation is 1. The molecule has 31 heavy (non-hydrogen) atoms. The maximum absolute atomic E-state index is 5.95. The molecule has 4 aromatic rings. The summed E-state index contributed by atoms with van der Waals surface area (Å²) in [5.74, 6) is 2.02. The Morgan fingerprint density at radius 1 is 1.03 bits per heavy atom. The lowest BCUT2D eigenvalue weighted by atomic mass is 10.1. The maximum Gasteiger partial charge on any atom is 0.232 e. The van der Waals surface area contributed by atoms with Crippen LogP contribution in [0.15, 0.2) is 59.8 Å². The summed E-state index contributed by atoms with van der Waals surface area (Å²) in [5.41, 5.74) is 9.07. The van der Waals surface area contributed by atoms with Crippen LogP contribution in [0.2, 0.25) is 0 Å². The monoisotopic (exact) mass is 432 g/mol. The molecular formula is C22H24N8S. The molecule has 8 nitrogen and oxygen atoms in total. The molecule has 9 heteroatoms. The van der Waals surface area contributed by atoms with E-state index < -0.39 is 0 Å². The Kier molecular flexibility index (Phi) is 6.13. The van der Waals surface area contributed by atoms with E-state index >= 15 is 0 Å². The Labute approximate surface area is 185 Å². The van der Waals surface area contributed by atoms with Gasteiger partial charge in [0.2, 0.25) is 11.9 Å². The van der Waals surface area contributed by atoms with Crippen molar-refractivity contribution in [3.8, 4) is 11.4 Å². The third kappa shape index (κ3) is 4.83. The van der Waals surface area contributed by atoms with Gasteiger partial charge in [0.25, 0.3) is 0 Å². The first-order chi connectivity index (χ1) is 15.0. The number of nitrogens with zero attached hydrogens (tertiary/aromatic N) is 6. The Bertz CT molecular complexity index is 1180. The van der Waals surface area contributed by atoms with Crippen molar-refractivity contribution in [1.82, 2.24) is 29.7 Å². The molecule has 2 aromatic carbocycles. The number of nitrogens with two attached hydrogens (primary N) is 1. The van der Waals surface area contributed by atoms with Gasteiger partial charge in [-0.3, -0.25) is 0 Å². The molecule has 0 aliphatic heterocycles. The van der Waals surface area contributed by atoms with Gasteiger partial charge in [-0.15, -0.1) is 10.2 Å². The van der Waals surface area contributed by atoms with Gasteiger partial charge in [-0.05, 0) is 39.0 Å². The predicted molar refractivity (Wildman–Crippen MR) is 124 cm³/mol. The average Bonchev–Trinajstić information content (AvgIpc) is 3.16. The van der Waals surface area contributed by atoms with Crippen LogP contribution in [-0.4, -0.2) is 29.7 Å². The highest BCUT2D eigenvalue weighted by atomic mass is 32.2. The summed E-state index contributed by atoms with van der Waals surface area (Å²) in [6.07, 6.45) is 0. The minimum atomic E-state index is -0.0958. The molecule has 0 aliphatic carbocycles. The van der Waals surface area contributed by atoms with Crippen LogP contribution in [0.5, 0.6) is 0 Å². The summed E-state index contributed by atoms with van der Waals surface area (Å²) in [7, 11) is 0. The molecule has 0 bridgehead atoms. The second kappa shape index (κ2) is 9.13. The Morgan fingerprint density at radius 2 is 1.84 bits per heavy atom. The first-order valence-electron chi connectivity index (χ1n) is 10.0. The third-order valence-electron chi connectivity index (χ3n) is 4.66. The second-order valence-electron chi connectivity index (χ2n) is 7.05. The standard InChI is InChI=1S/C22H24N8S/c1-4-30-19(16-10-8-9-14(2)13-16)28-29-22(30)31-15(3)18-25-20(23)27-21(26-18)24-17-11-6-5-7-12-17/h5-13,15H,4H2,1-3H3,(H3,23,24,25,26,27). The van der Waals surface area contributed by atoms with E-state index in [1.807, 2.05) is 43.3 Å². The molecule has 0 amide bonds. The van der Waals surface area contributed by atoms with Crippen LogP contribution in [0.4, 0.5) is 17.6 Å². The van der Waals surface area contributed by atoms with Crippen molar-refractivity contribution in [3.05, 3.63) is 66.0 Å². The van der Waals surface area contributed by atoms with E-state index in [1.165, 1.54) is 5.56 Å². The number of anilines is 3. The molecule has 2 aromatic heterocycles. The molecule has 0 fully saturated rings. The van der Waals surface area contributed by atoms with E-state index in [-0.39, 0.29) is 11.2 Å². The van der Waals surface area contributed by atoms with E-state index in [9.17, 15) is 0 Å². The predicted octanol–water partition coefficient (Wildman–Crippen LogP) is 4.64. The summed E-state index contributed by atoms with van der Waals surface area (Å²) >= 11 is 1.54. The molecule has 3 N–H and O–H groups in total. The van der Waals surface area contributed by atoms with Gasteiger partial charge in [0.1, 0.15) is 5.82 Å². The van der Waals surface area contributed by atoms with Gasteiger partial charge in [-0.1, -0.05) is 53.7 Å². The van der Waals surface area contributed by atoms with Crippen LogP contribution in [-0.2, 0) is 6.54 Å². The number of benzene rings is 2. The summed E-state index contributed by atoms with van der Waals surface area (Å²) < 4.78 is 2.10. The van der Waals surface area contributed by atoms with Crippen molar-refractivity contribution in [2.24, 2.45) is 0 Å². The molecule has 4 rings (SSSR count). The normalized spacial score (nSPS) is 12.0. The largest absolute Gasteiger partial charge is 0.368 e. The summed E-state index contributed by atoms with van der Waals surface area (Å²) in [5, 5.41) is 12.8. The second-order valence-corrected chi connectivity index (χ2v) is 8.35. The summed E-state index contributed by atoms with van der Waals surface area (Å²) in [4.78, 5) is 13.1. The van der Waals surface area contributed by atoms with E-state index in [2.05, 4.69) is 67.1 Å². The zero-order valence-electron chi connectivity index (χ0n) is 17.6. The number of nitrogen functional groups attached to an aromatic ring is 1. The van der Waals surface area contributed by atoms with Crippen molar-refractivity contribution >= 4 is 29.3 Å². The number of para-hydroxylation sites is 1. The highest BCUT2D eigenvalue weighted by Gasteiger charge is 2.19. The number of hydrogen-bond acceptors (Lipinski definition) is 8. The average molecular weight is 433 g/mol. The minimum Gasteiger partial charge on any atom is -0.368 e. The zero-order valence-corrected chi connectivity index (χ0v) is 18.5. The molecule has 1 unspecified atom stereocenters. The van der Waals surface area contributed by atoms with Crippen LogP contribution in [0, 0.1) is 6.92 Å². The fraction of sp³-hybridized carbons (Fsp3) is 0.227. The molecule has 0 saturated heterocycles. The van der Waals surface area contributed by atoms with Gasteiger partial charge in [0, 0.05) is 17.8 Å². The Morgan fingerprint density at radius 3 is 2.58 bits per heavy atom. The maximum atomic E-state index is 5.95. The Balaban J connectivity index is 1.58. The first-order valence-corrected chi connectivity index (χ1v) is 10.9. The quantitative estimate of drug-likeness (QED) is 0.407. The van der Waals surface area contributed by atoms with Crippen LogP contribution >= 0.6 is 11.8 Å². The lowest BCUT2D eigenvalue weighted by Gasteiger charge is -2.13. The smallest absolute Gasteiger partial charge is 0.232 e. The van der Waals surface area contributed by atoms with Crippen molar-refractivity contribution < 1.29 is 0 Å². The molecule has 158 valence electrons. The fourth-order valence-electron chi connectivity index (χ4n) is 3.17. The van der Waals surface area contributed by atoms with Crippen molar-refractivity contribution in [2.45, 2.75) is 37.7 Å². The number of rotatable bonds is 7. The topological polar surface area (TPSA) is 107 Å². The number of hydrogen-bond donors (Lipinski definition) is 2. The van der Waals surface area contributed by atoms with Crippen molar-refractivity contribution in [2.75, 3.05) is 11.1 Å². The summed E-state index contributed by atoms with van der Waals surface area (Å²) in [6.45, 7) is 6.93. The number of thioether (sulfide) groups is 1. The highest BCUT2D eigenvalue weighted by molar-refractivity contribution is 7.99. The molecular weight excluding hydrogens is 408 g/mol.